The van der Waals surface area contributed by atoms with Crippen LogP contribution in [0.4, 0.5) is 5.69 Å². The van der Waals surface area contributed by atoms with E-state index in [0.29, 0.717) is 0 Å². The number of benzene rings is 1. The maximum Gasteiger partial charge on any atom is 0.0420 e. The van der Waals surface area contributed by atoms with Gasteiger partial charge in [-0.2, -0.15) is 0 Å². The molecule has 0 aromatic heterocycles. The topological polar surface area (TPSA) is 18.5 Å². The molecule has 1 heterocycles. The third kappa shape index (κ3) is 3.94. The predicted molar refractivity (Wildman–Crippen MR) is 85.8 cm³/mol. The quantitative estimate of drug-likeness (QED) is 0.897. The second kappa shape index (κ2) is 6.73. The van der Waals surface area contributed by atoms with Crippen molar-refractivity contribution in [1.82, 2.24) is 10.2 Å². The highest BCUT2D eigenvalue weighted by atomic mass is 79.9. The van der Waals surface area contributed by atoms with Crippen molar-refractivity contribution in [2.75, 3.05) is 45.7 Å². The summed E-state index contributed by atoms with van der Waals surface area (Å²) < 4.78 is 1.15. The lowest BCUT2D eigenvalue weighted by Crippen LogP contribution is -2.28. The Labute approximate surface area is 125 Å². The fourth-order valence-electron chi connectivity index (χ4n) is 2.89. The molecule has 1 atom stereocenters. The second-order valence-corrected chi connectivity index (χ2v) is 6.52. The molecule has 1 fully saturated rings. The molecule has 3 nitrogen and oxygen atoms in total. The van der Waals surface area contributed by atoms with E-state index < -0.39 is 0 Å². The molecule has 0 radical (unpaired) electrons. The molecule has 106 valence electrons. The SMILES string of the molecule is CNCc1ccc(Br)cc1N(C)CC1CCN(C)C1. The molecule has 1 unspecified atom stereocenters. The van der Waals surface area contributed by atoms with E-state index in [9.17, 15) is 0 Å². The number of anilines is 1. The lowest BCUT2D eigenvalue weighted by Gasteiger charge is -2.26. The van der Waals surface area contributed by atoms with Gasteiger partial charge in [0, 0.05) is 36.8 Å². The monoisotopic (exact) mass is 325 g/mol. The smallest absolute Gasteiger partial charge is 0.0420 e. The number of hydrogen-bond donors (Lipinski definition) is 1. The first-order chi connectivity index (χ1) is 9.10. The molecule has 1 aliphatic heterocycles. The van der Waals surface area contributed by atoms with E-state index in [0.717, 1.165) is 23.5 Å². The minimum absolute atomic E-state index is 0.788. The van der Waals surface area contributed by atoms with Crippen LogP contribution in [0.1, 0.15) is 12.0 Å². The summed E-state index contributed by atoms with van der Waals surface area (Å²) in [5.74, 6) is 0.788. The van der Waals surface area contributed by atoms with E-state index >= 15 is 0 Å². The Balaban J connectivity index is 2.08. The van der Waals surface area contributed by atoms with Crippen LogP contribution >= 0.6 is 15.9 Å². The number of hydrogen-bond acceptors (Lipinski definition) is 3. The van der Waals surface area contributed by atoms with Crippen molar-refractivity contribution in [2.45, 2.75) is 13.0 Å². The number of nitrogens with one attached hydrogen (secondary N) is 1. The van der Waals surface area contributed by atoms with Crippen molar-refractivity contribution >= 4 is 21.6 Å². The van der Waals surface area contributed by atoms with Crippen molar-refractivity contribution < 1.29 is 0 Å². The van der Waals surface area contributed by atoms with Gasteiger partial charge in [0.1, 0.15) is 0 Å². The van der Waals surface area contributed by atoms with Crippen LogP contribution in [-0.4, -0.2) is 45.7 Å². The summed E-state index contributed by atoms with van der Waals surface area (Å²) in [6, 6.07) is 6.55. The third-order valence-corrected chi connectivity index (χ3v) is 4.34. The summed E-state index contributed by atoms with van der Waals surface area (Å²) in [7, 11) is 6.42. The normalized spacial score (nSPS) is 19.9. The average molecular weight is 326 g/mol. The summed E-state index contributed by atoms with van der Waals surface area (Å²) in [5, 5.41) is 3.25. The average Bonchev–Trinajstić information content (AvgIpc) is 2.77. The van der Waals surface area contributed by atoms with E-state index in [1.807, 2.05) is 7.05 Å². The zero-order valence-corrected chi connectivity index (χ0v) is 13.7. The van der Waals surface area contributed by atoms with Gasteiger partial charge in [0.25, 0.3) is 0 Å². The Morgan fingerprint density at radius 2 is 2.26 bits per heavy atom. The first-order valence-electron chi connectivity index (χ1n) is 6.93. The van der Waals surface area contributed by atoms with Crippen molar-refractivity contribution in [1.29, 1.82) is 0 Å². The molecule has 19 heavy (non-hydrogen) atoms. The summed E-state index contributed by atoms with van der Waals surface area (Å²) in [4.78, 5) is 4.83. The van der Waals surface area contributed by atoms with Gasteiger partial charge in [-0.25, -0.2) is 0 Å². The number of rotatable bonds is 5. The van der Waals surface area contributed by atoms with Gasteiger partial charge in [-0.1, -0.05) is 22.0 Å². The maximum atomic E-state index is 3.58. The lowest BCUT2D eigenvalue weighted by atomic mass is 10.1. The fourth-order valence-corrected chi connectivity index (χ4v) is 3.24. The van der Waals surface area contributed by atoms with Crippen LogP contribution in [0.2, 0.25) is 0 Å². The molecule has 0 saturated carbocycles. The van der Waals surface area contributed by atoms with E-state index in [2.05, 4.69) is 63.3 Å². The number of likely N-dealkylation sites (tertiary alicyclic amines) is 1. The van der Waals surface area contributed by atoms with Gasteiger partial charge in [0.15, 0.2) is 0 Å². The minimum Gasteiger partial charge on any atom is -0.374 e. The summed E-state index contributed by atoms with van der Waals surface area (Å²) in [5.41, 5.74) is 2.69. The van der Waals surface area contributed by atoms with E-state index in [1.165, 1.54) is 30.8 Å². The van der Waals surface area contributed by atoms with Gasteiger partial charge in [0.05, 0.1) is 0 Å². The largest absolute Gasteiger partial charge is 0.374 e. The van der Waals surface area contributed by atoms with Gasteiger partial charge in [0.2, 0.25) is 0 Å². The number of halogens is 1. The molecule has 1 saturated heterocycles. The van der Waals surface area contributed by atoms with Crippen molar-refractivity contribution in [3.05, 3.63) is 28.2 Å². The predicted octanol–water partition coefficient (Wildman–Crippen LogP) is 2.56. The van der Waals surface area contributed by atoms with E-state index in [4.69, 9.17) is 0 Å². The Morgan fingerprint density at radius 1 is 1.47 bits per heavy atom. The van der Waals surface area contributed by atoms with Crippen LogP contribution < -0.4 is 10.2 Å². The molecule has 4 heteroatoms. The van der Waals surface area contributed by atoms with Gasteiger partial charge in [-0.15, -0.1) is 0 Å². The first kappa shape index (κ1) is 14.8. The molecule has 1 N–H and O–H groups in total. The highest BCUT2D eigenvalue weighted by Crippen LogP contribution is 2.26. The minimum atomic E-state index is 0.788. The fraction of sp³-hybridized carbons (Fsp3) is 0.600. The van der Waals surface area contributed by atoms with E-state index in [-0.39, 0.29) is 0 Å². The third-order valence-electron chi connectivity index (χ3n) is 3.85. The van der Waals surface area contributed by atoms with Crippen LogP contribution in [0, 0.1) is 5.92 Å². The van der Waals surface area contributed by atoms with Crippen LogP contribution in [-0.2, 0) is 6.54 Å². The zero-order chi connectivity index (χ0) is 13.8. The highest BCUT2D eigenvalue weighted by Gasteiger charge is 2.21. The zero-order valence-electron chi connectivity index (χ0n) is 12.1. The van der Waals surface area contributed by atoms with Crippen LogP contribution in [0.15, 0.2) is 22.7 Å². The molecular formula is C15H24BrN3. The van der Waals surface area contributed by atoms with Gasteiger partial charge >= 0.3 is 0 Å². The molecule has 0 aliphatic carbocycles. The molecule has 0 amide bonds. The summed E-state index contributed by atoms with van der Waals surface area (Å²) in [6.07, 6.45) is 1.32. The Kier molecular flexibility index (Phi) is 5.25. The Morgan fingerprint density at radius 3 is 2.89 bits per heavy atom. The molecule has 1 aromatic rings. The molecule has 1 aromatic carbocycles. The van der Waals surface area contributed by atoms with E-state index in [1.54, 1.807) is 0 Å². The molecule has 2 rings (SSSR count). The molecule has 0 bridgehead atoms. The molecular weight excluding hydrogens is 302 g/mol. The number of nitrogens with zero attached hydrogens (tertiary/aromatic N) is 2. The van der Waals surface area contributed by atoms with Crippen molar-refractivity contribution in [3.8, 4) is 0 Å². The van der Waals surface area contributed by atoms with Crippen LogP contribution in [0.25, 0.3) is 0 Å². The van der Waals surface area contributed by atoms with Gasteiger partial charge < -0.3 is 15.1 Å². The Hall–Kier alpha value is -0.580. The lowest BCUT2D eigenvalue weighted by molar-refractivity contribution is 0.396. The molecule has 1 aliphatic rings. The molecule has 0 spiro atoms. The highest BCUT2D eigenvalue weighted by molar-refractivity contribution is 9.10. The van der Waals surface area contributed by atoms with Crippen molar-refractivity contribution in [2.24, 2.45) is 5.92 Å². The summed E-state index contributed by atoms with van der Waals surface area (Å²) >= 11 is 3.58. The van der Waals surface area contributed by atoms with Crippen LogP contribution in [0.5, 0.6) is 0 Å². The standard InChI is InChI=1S/C15H24BrN3/c1-17-9-13-4-5-14(16)8-15(13)19(3)11-12-6-7-18(2)10-12/h4-5,8,12,17H,6-7,9-11H2,1-3H3. The summed E-state index contributed by atoms with van der Waals surface area (Å²) in [6.45, 7) is 4.51. The van der Waals surface area contributed by atoms with Crippen LogP contribution in [0.3, 0.4) is 0 Å². The maximum absolute atomic E-state index is 3.58. The van der Waals surface area contributed by atoms with Crippen molar-refractivity contribution in [3.63, 3.8) is 0 Å². The first-order valence-corrected chi connectivity index (χ1v) is 7.72. The second-order valence-electron chi connectivity index (χ2n) is 5.60. The van der Waals surface area contributed by atoms with Gasteiger partial charge in [-0.05, 0) is 50.7 Å². The Bertz CT molecular complexity index is 422. The van der Waals surface area contributed by atoms with Gasteiger partial charge in [-0.3, -0.25) is 0 Å².